The molecule has 0 aliphatic carbocycles. The van der Waals surface area contributed by atoms with E-state index in [0.29, 0.717) is 16.3 Å². The third-order valence-electron chi connectivity index (χ3n) is 3.41. The number of rotatable bonds is 8. The molecule has 0 saturated carbocycles. The number of carbonyl (C=O) groups excluding carboxylic acids is 1. The molecule has 0 radical (unpaired) electrons. The van der Waals surface area contributed by atoms with Gasteiger partial charge in [-0.05, 0) is 19.1 Å². The standard InChI is InChI=1S/C17H19FN2O4S/c1-17(10-24-2,8-15(22)23)20-14(21)7-13-9-25-16(19-13)11-4-3-5-12(18)6-11/h3-6,9H,7-8,10H2,1-2H3,(H,20,21)(H,22,23). The number of benzene rings is 1. The smallest absolute Gasteiger partial charge is 0.305 e. The highest BCUT2D eigenvalue weighted by Gasteiger charge is 2.29. The second kappa shape index (κ2) is 8.17. The number of methoxy groups -OCH3 is 1. The Balaban J connectivity index is 2.04. The molecule has 1 aromatic heterocycles. The van der Waals surface area contributed by atoms with E-state index in [2.05, 4.69) is 10.3 Å². The van der Waals surface area contributed by atoms with Gasteiger partial charge in [0.25, 0.3) is 0 Å². The monoisotopic (exact) mass is 366 g/mol. The van der Waals surface area contributed by atoms with E-state index in [1.807, 2.05) is 0 Å². The van der Waals surface area contributed by atoms with Gasteiger partial charge in [0.2, 0.25) is 5.91 Å². The summed E-state index contributed by atoms with van der Waals surface area (Å²) in [6.07, 6.45) is -0.247. The van der Waals surface area contributed by atoms with Crippen molar-refractivity contribution in [2.45, 2.75) is 25.3 Å². The molecular weight excluding hydrogens is 347 g/mol. The van der Waals surface area contributed by atoms with Crippen LogP contribution in [0.15, 0.2) is 29.6 Å². The molecule has 1 heterocycles. The van der Waals surface area contributed by atoms with Crippen LogP contribution in [-0.4, -0.2) is 41.2 Å². The summed E-state index contributed by atoms with van der Waals surface area (Å²) in [6, 6.07) is 6.07. The van der Waals surface area contributed by atoms with E-state index in [-0.39, 0.29) is 31.2 Å². The van der Waals surface area contributed by atoms with Crippen molar-refractivity contribution in [3.8, 4) is 10.6 Å². The molecule has 6 nitrogen and oxygen atoms in total. The fourth-order valence-electron chi connectivity index (χ4n) is 2.47. The predicted molar refractivity (Wildman–Crippen MR) is 91.9 cm³/mol. The lowest BCUT2D eigenvalue weighted by molar-refractivity contribution is -0.139. The average molecular weight is 366 g/mol. The molecule has 0 spiro atoms. The van der Waals surface area contributed by atoms with Gasteiger partial charge in [-0.25, -0.2) is 9.37 Å². The van der Waals surface area contributed by atoms with Gasteiger partial charge in [0.05, 0.1) is 30.7 Å². The van der Waals surface area contributed by atoms with E-state index in [1.165, 1.54) is 30.6 Å². The maximum Gasteiger partial charge on any atom is 0.305 e. The number of ether oxygens (including phenoxy) is 1. The third kappa shape index (κ3) is 5.61. The fraction of sp³-hybridized carbons (Fsp3) is 0.353. The van der Waals surface area contributed by atoms with Crippen LogP contribution in [-0.2, 0) is 20.7 Å². The average Bonchev–Trinajstić information content (AvgIpc) is 2.94. The van der Waals surface area contributed by atoms with Gasteiger partial charge in [0.15, 0.2) is 0 Å². The Hall–Kier alpha value is -2.32. The molecule has 2 aromatic rings. The summed E-state index contributed by atoms with van der Waals surface area (Å²) in [5.41, 5.74) is 0.183. The van der Waals surface area contributed by atoms with Crippen LogP contribution < -0.4 is 5.32 Å². The summed E-state index contributed by atoms with van der Waals surface area (Å²) in [5, 5.41) is 14.0. The van der Waals surface area contributed by atoms with Crippen LogP contribution in [0.3, 0.4) is 0 Å². The Morgan fingerprint density at radius 2 is 2.20 bits per heavy atom. The summed E-state index contributed by atoms with van der Waals surface area (Å²) in [7, 11) is 1.44. The Morgan fingerprint density at radius 3 is 2.84 bits per heavy atom. The Morgan fingerprint density at radius 1 is 1.44 bits per heavy atom. The minimum Gasteiger partial charge on any atom is -0.481 e. The molecule has 1 unspecified atom stereocenters. The van der Waals surface area contributed by atoms with E-state index in [1.54, 1.807) is 24.4 Å². The number of thiazole rings is 1. The molecule has 2 rings (SSSR count). The summed E-state index contributed by atoms with van der Waals surface area (Å²) in [6.45, 7) is 1.69. The number of amides is 1. The maximum absolute atomic E-state index is 13.3. The van der Waals surface area contributed by atoms with Gasteiger partial charge in [-0.1, -0.05) is 12.1 Å². The van der Waals surface area contributed by atoms with Gasteiger partial charge in [0, 0.05) is 18.1 Å². The van der Waals surface area contributed by atoms with E-state index in [4.69, 9.17) is 9.84 Å². The van der Waals surface area contributed by atoms with E-state index < -0.39 is 11.5 Å². The molecule has 0 aliphatic rings. The van der Waals surface area contributed by atoms with Gasteiger partial charge < -0.3 is 15.2 Å². The van der Waals surface area contributed by atoms with Crippen LogP contribution in [0.25, 0.3) is 10.6 Å². The zero-order valence-electron chi connectivity index (χ0n) is 13.9. The Bertz CT molecular complexity index is 765. The quantitative estimate of drug-likeness (QED) is 0.749. The van der Waals surface area contributed by atoms with Crippen molar-refractivity contribution in [1.82, 2.24) is 10.3 Å². The lowest BCUT2D eigenvalue weighted by atomic mass is 9.98. The largest absolute Gasteiger partial charge is 0.481 e. The van der Waals surface area contributed by atoms with Gasteiger partial charge in [0.1, 0.15) is 10.8 Å². The van der Waals surface area contributed by atoms with Crippen molar-refractivity contribution in [2.24, 2.45) is 0 Å². The minimum absolute atomic E-state index is 0.00470. The van der Waals surface area contributed by atoms with Crippen molar-refractivity contribution in [1.29, 1.82) is 0 Å². The topological polar surface area (TPSA) is 88.5 Å². The van der Waals surface area contributed by atoms with E-state index >= 15 is 0 Å². The normalized spacial score (nSPS) is 13.2. The molecule has 1 amide bonds. The van der Waals surface area contributed by atoms with E-state index in [0.717, 1.165) is 0 Å². The first-order chi connectivity index (χ1) is 11.8. The van der Waals surface area contributed by atoms with Crippen molar-refractivity contribution in [2.75, 3.05) is 13.7 Å². The molecule has 0 aliphatic heterocycles. The molecule has 0 saturated heterocycles. The lowest BCUT2D eigenvalue weighted by Gasteiger charge is -2.28. The number of hydrogen-bond donors (Lipinski definition) is 2. The van der Waals surface area contributed by atoms with Gasteiger partial charge in [-0.2, -0.15) is 0 Å². The zero-order valence-corrected chi connectivity index (χ0v) is 14.7. The highest BCUT2D eigenvalue weighted by Crippen LogP contribution is 2.24. The zero-order chi connectivity index (χ0) is 18.4. The molecule has 8 heteroatoms. The number of hydrogen-bond acceptors (Lipinski definition) is 5. The number of carbonyl (C=O) groups is 2. The first kappa shape index (κ1) is 19.0. The number of aromatic nitrogens is 1. The van der Waals surface area contributed by atoms with Crippen molar-refractivity contribution >= 4 is 23.2 Å². The summed E-state index contributed by atoms with van der Waals surface area (Å²) in [5.74, 6) is -1.73. The summed E-state index contributed by atoms with van der Waals surface area (Å²) in [4.78, 5) is 27.5. The van der Waals surface area contributed by atoms with E-state index in [9.17, 15) is 14.0 Å². The summed E-state index contributed by atoms with van der Waals surface area (Å²) >= 11 is 1.32. The second-order valence-corrected chi connectivity index (χ2v) is 6.80. The molecule has 2 N–H and O–H groups in total. The molecule has 1 atom stereocenters. The van der Waals surface area contributed by atoms with Crippen LogP contribution in [0, 0.1) is 5.82 Å². The van der Waals surface area contributed by atoms with Gasteiger partial charge >= 0.3 is 5.97 Å². The molecule has 0 fully saturated rings. The molecular formula is C17H19FN2O4S. The van der Waals surface area contributed by atoms with Crippen LogP contribution in [0.5, 0.6) is 0 Å². The first-order valence-electron chi connectivity index (χ1n) is 7.53. The van der Waals surface area contributed by atoms with Crippen molar-refractivity contribution in [3.63, 3.8) is 0 Å². The maximum atomic E-state index is 13.3. The fourth-order valence-corrected chi connectivity index (χ4v) is 3.29. The Labute approximate surface area is 148 Å². The highest BCUT2D eigenvalue weighted by atomic mass is 32.1. The molecule has 25 heavy (non-hydrogen) atoms. The predicted octanol–water partition coefficient (Wildman–Crippen LogP) is 2.49. The molecule has 134 valence electrons. The Kier molecular flexibility index (Phi) is 6.22. The minimum atomic E-state index is -1.03. The van der Waals surface area contributed by atoms with Crippen LogP contribution in [0.4, 0.5) is 4.39 Å². The highest BCUT2D eigenvalue weighted by molar-refractivity contribution is 7.13. The molecule has 0 bridgehead atoms. The number of aliphatic carboxylic acids is 1. The van der Waals surface area contributed by atoms with Crippen molar-refractivity contribution in [3.05, 3.63) is 41.2 Å². The van der Waals surface area contributed by atoms with Crippen LogP contribution in [0.2, 0.25) is 0 Å². The second-order valence-electron chi connectivity index (χ2n) is 5.94. The van der Waals surface area contributed by atoms with Crippen molar-refractivity contribution < 1.29 is 23.8 Å². The number of nitrogens with one attached hydrogen (secondary N) is 1. The summed E-state index contributed by atoms with van der Waals surface area (Å²) < 4.78 is 18.3. The van der Waals surface area contributed by atoms with Gasteiger partial charge in [-0.15, -0.1) is 11.3 Å². The first-order valence-corrected chi connectivity index (χ1v) is 8.41. The van der Waals surface area contributed by atoms with Gasteiger partial charge in [-0.3, -0.25) is 9.59 Å². The SMILES string of the molecule is COCC(C)(CC(=O)O)NC(=O)Cc1csc(-c2cccc(F)c2)n1. The third-order valence-corrected chi connectivity index (χ3v) is 4.35. The number of carboxylic acids is 1. The number of halogens is 1. The number of carboxylic acid groups (broad SMARTS) is 1. The lowest BCUT2D eigenvalue weighted by Crippen LogP contribution is -2.51. The van der Waals surface area contributed by atoms with Crippen LogP contribution >= 0.6 is 11.3 Å². The number of nitrogens with zero attached hydrogens (tertiary/aromatic N) is 1. The van der Waals surface area contributed by atoms with Crippen LogP contribution in [0.1, 0.15) is 19.0 Å². The molecule has 1 aromatic carbocycles.